The number of hydrogen-bond donors (Lipinski definition) is 1. The Morgan fingerprint density at radius 2 is 1.96 bits per heavy atom. The Morgan fingerprint density at radius 3 is 2.70 bits per heavy atom. The van der Waals surface area contributed by atoms with Crippen molar-refractivity contribution in [3.8, 4) is 17.1 Å². The largest absolute Gasteiger partial charge is 0.491 e. The van der Waals surface area contributed by atoms with Gasteiger partial charge in [-0.1, -0.05) is 30.3 Å². The van der Waals surface area contributed by atoms with E-state index in [-0.39, 0.29) is 17.5 Å². The zero-order valence-corrected chi connectivity index (χ0v) is 12.5. The van der Waals surface area contributed by atoms with Gasteiger partial charge in [0.25, 0.3) is 5.56 Å². The zero-order chi connectivity index (χ0) is 16.2. The molecule has 0 radical (unpaired) electrons. The van der Waals surface area contributed by atoms with E-state index in [0.29, 0.717) is 18.2 Å². The molecule has 1 aromatic heterocycles. The van der Waals surface area contributed by atoms with Crippen LogP contribution in [0.3, 0.4) is 0 Å². The van der Waals surface area contributed by atoms with Crippen molar-refractivity contribution in [2.75, 3.05) is 20.3 Å². The predicted molar refractivity (Wildman–Crippen MR) is 85.1 cm³/mol. The molecule has 1 heterocycles. The van der Waals surface area contributed by atoms with E-state index in [4.69, 9.17) is 9.47 Å². The first-order chi connectivity index (χ1) is 11.2. The van der Waals surface area contributed by atoms with E-state index in [2.05, 4.69) is 9.97 Å². The van der Waals surface area contributed by atoms with Crippen molar-refractivity contribution < 1.29 is 13.9 Å². The Bertz CT molecular complexity index is 878. The Balaban J connectivity index is 2.08. The third-order valence-corrected chi connectivity index (χ3v) is 3.34. The van der Waals surface area contributed by atoms with E-state index < -0.39 is 11.4 Å². The van der Waals surface area contributed by atoms with Gasteiger partial charge in [-0.2, -0.15) is 0 Å². The molecular weight excluding hydrogens is 299 g/mol. The van der Waals surface area contributed by atoms with Crippen LogP contribution in [0.5, 0.6) is 5.75 Å². The molecule has 2 aromatic carbocycles. The lowest BCUT2D eigenvalue weighted by Gasteiger charge is -2.08. The molecule has 0 amide bonds. The molecular formula is C17H15FN2O3. The first kappa shape index (κ1) is 15.2. The number of nitrogens with one attached hydrogen (secondary N) is 1. The van der Waals surface area contributed by atoms with Crippen molar-refractivity contribution in [3.63, 3.8) is 0 Å². The van der Waals surface area contributed by atoms with Gasteiger partial charge in [0.2, 0.25) is 0 Å². The second kappa shape index (κ2) is 6.58. The Morgan fingerprint density at radius 1 is 1.17 bits per heavy atom. The number of H-pyrrole nitrogens is 1. The van der Waals surface area contributed by atoms with Crippen molar-refractivity contribution in [2.24, 2.45) is 0 Å². The van der Waals surface area contributed by atoms with Gasteiger partial charge in [-0.15, -0.1) is 0 Å². The number of fused-ring (bicyclic) bond motifs is 1. The minimum atomic E-state index is -0.664. The number of methoxy groups -OCH3 is 1. The van der Waals surface area contributed by atoms with Gasteiger partial charge in [0.05, 0.1) is 12.1 Å². The summed E-state index contributed by atoms with van der Waals surface area (Å²) >= 11 is 0. The molecule has 23 heavy (non-hydrogen) atoms. The third-order valence-electron chi connectivity index (χ3n) is 3.34. The number of hydrogen-bond acceptors (Lipinski definition) is 4. The van der Waals surface area contributed by atoms with Gasteiger partial charge < -0.3 is 14.5 Å². The summed E-state index contributed by atoms with van der Waals surface area (Å²) < 4.78 is 24.5. The summed E-state index contributed by atoms with van der Waals surface area (Å²) in [6, 6.07) is 11.9. The van der Waals surface area contributed by atoms with Crippen molar-refractivity contribution >= 4 is 10.9 Å². The first-order valence-corrected chi connectivity index (χ1v) is 7.10. The number of benzene rings is 2. The summed E-state index contributed by atoms with van der Waals surface area (Å²) in [5, 5.41) is -0.0798. The average Bonchev–Trinajstić information content (AvgIpc) is 2.55. The van der Waals surface area contributed by atoms with Crippen LogP contribution in [-0.4, -0.2) is 30.3 Å². The van der Waals surface area contributed by atoms with Gasteiger partial charge in [0, 0.05) is 24.8 Å². The monoisotopic (exact) mass is 314 g/mol. The van der Waals surface area contributed by atoms with Crippen molar-refractivity contribution in [2.45, 2.75) is 0 Å². The number of nitrogens with zero attached hydrogens (tertiary/aromatic N) is 1. The van der Waals surface area contributed by atoms with Crippen LogP contribution in [0, 0.1) is 5.82 Å². The van der Waals surface area contributed by atoms with Crippen LogP contribution in [0.15, 0.2) is 47.3 Å². The highest BCUT2D eigenvalue weighted by atomic mass is 19.1. The molecule has 6 heteroatoms. The quantitative estimate of drug-likeness (QED) is 0.736. The minimum Gasteiger partial charge on any atom is -0.491 e. The van der Waals surface area contributed by atoms with Crippen molar-refractivity contribution in [3.05, 3.63) is 58.6 Å². The van der Waals surface area contributed by atoms with Crippen LogP contribution in [0.25, 0.3) is 22.3 Å². The van der Waals surface area contributed by atoms with E-state index in [1.165, 1.54) is 6.07 Å². The average molecular weight is 314 g/mol. The third kappa shape index (κ3) is 3.22. The highest BCUT2D eigenvalue weighted by Gasteiger charge is 2.12. The molecule has 5 nitrogen and oxygen atoms in total. The van der Waals surface area contributed by atoms with Crippen LogP contribution < -0.4 is 10.3 Å². The molecule has 0 fully saturated rings. The second-order valence-corrected chi connectivity index (χ2v) is 4.92. The van der Waals surface area contributed by atoms with Crippen molar-refractivity contribution in [1.29, 1.82) is 0 Å². The lowest BCUT2D eigenvalue weighted by molar-refractivity contribution is 0.146. The number of ether oxygens (including phenoxy) is 2. The summed E-state index contributed by atoms with van der Waals surface area (Å²) in [7, 11) is 1.55. The standard InChI is InChI=1S/C17H15FN2O3/c1-22-7-8-23-12-9-13(18)15-14(10-12)19-16(20-17(15)21)11-5-3-2-4-6-11/h2-6,9-10H,7-8H2,1H3,(H,19,20,21). The highest BCUT2D eigenvalue weighted by molar-refractivity contribution is 5.81. The summed E-state index contributed by atoms with van der Waals surface area (Å²) in [5.74, 6) is 0.0315. The van der Waals surface area contributed by atoms with Gasteiger partial charge in [0.15, 0.2) is 0 Å². The Hall–Kier alpha value is -2.73. The molecule has 0 atom stereocenters. The zero-order valence-electron chi connectivity index (χ0n) is 12.5. The SMILES string of the molecule is COCCOc1cc(F)c2c(=O)[nH]c(-c3ccccc3)nc2c1. The second-order valence-electron chi connectivity index (χ2n) is 4.92. The van der Waals surface area contributed by atoms with Crippen LogP contribution in [0.4, 0.5) is 4.39 Å². The topological polar surface area (TPSA) is 64.2 Å². The van der Waals surface area contributed by atoms with Crippen LogP contribution in [0.2, 0.25) is 0 Å². The molecule has 3 aromatic rings. The molecule has 0 saturated carbocycles. The number of rotatable bonds is 5. The van der Waals surface area contributed by atoms with E-state index in [1.54, 1.807) is 13.2 Å². The lowest BCUT2D eigenvalue weighted by Crippen LogP contribution is -2.12. The molecule has 0 aliphatic carbocycles. The number of aromatic nitrogens is 2. The maximum Gasteiger partial charge on any atom is 0.262 e. The summed E-state index contributed by atoms with van der Waals surface area (Å²) in [6.45, 7) is 0.675. The summed E-state index contributed by atoms with van der Waals surface area (Å²) in [4.78, 5) is 19.1. The molecule has 0 bridgehead atoms. The predicted octanol–water partition coefficient (Wildman–Crippen LogP) is 2.75. The molecule has 0 unspecified atom stereocenters. The first-order valence-electron chi connectivity index (χ1n) is 7.10. The van der Waals surface area contributed by atoms with Gasteiger partial charge in [-0.05, 0) is 0 Å². The molecule has 118 valence electrons. The number of aromatic amines is 1. The van der Waals surface area contributed by atoms with Crippen LogP contribution in [0.1, 0.15) is 0 Å². The maximum absolute atomic E-state index is 14.2. The fourth-order valence-corrected chi connectivity index (χ4v) is 2.26. The normalized spacial score (nSPS) is 10.9. The van der Waals surface area contributed by atoms with Gasteiger partial charge in [-0.25, -0.2) is 9.37 Å². The molecule has 0 saturated heterocycles. The maximum atomic E-state index is 14.2. The van der Waals surface area contributed by atoms with Gasteiger partial charge in [0.1, 0.15) is 29.4 Å². The lowest BCUT2D eigenvalue weighted by atomic mass is 10.2. The van der Waals surface area contributed by atoms with E-state index in [0.717, 1.165) is 5.56 Å². The minimum absolute atomic E-state index is 0.0798. The van der Waals surface area contributed by atoms with Crippen molar-refractivity contribution in [1.82, 2.24) is 9.97 Å². The Kier molecular flexibility index (Phi) is 4.34. The summed E-state index contributed by atoms with van der Waals surface area (Å²) in [6.07, 6.45) is 0. The van der Waals surface area contributed by atoms with Gasteiger partial charge >= 0.3 is 0 Å². The number of halogens is 1. The highest BCUT2D eigenvalue weighted by Crippen LogP contribution is 2.23. The van der Waals surface area contributed by atoms with Gasteiger partial charge in [-0.3, -0.25) is 4.79 Å². The molecule has 3 rings (SSSR count). The molecule has 1 N–H and O–H groups in total. The molecule has 0 aliphatic rings. The molecule has 0 spiro atoms. The summed E-state index contributed by atoms with van der Waals surface area (Å²) in [5.41, 5.74) is 0.479. The van der Waals surface area contributed by atoms with E-state index >= 15 is 0 Å². The molecule has 0 aliphatic heterocycles. The van der Waals surface area contributed by atoms with Crippen LogP contribution >= 0.6 is 0 Å². The van der Waals surface area contributed by atoms with E-state index in [1.807, 2.05) is 30.3 Å². The van der Waals surface area contributed by atoms with E-state index in [9.17, 15) is 9.18 Å². The smallest absolute Gasteiger partial charge is 0.262 e. The fourth-order valence-electron chi connectivity index (χ4n) is 2.26. The fraction of sp³-hybridized carbons (Fsp3) is 0.176. The van der Waals surface area contributed by atoms with Crippen LogP contribution in [-0.2, 0) is 4.74 Å². The Labute approximate surface area is 131 Å².